The van der Waals surface area contributed by atoms with Crippen molar-refractivity contribution in [3.05, 3.63) is 36.0 Å². The van der Waals surface area contributed by atoms with E-state index in [0.717, 1.165) is 44.0 Å². The zero-order valence-electron chi connectivity index (χ0n) is 15.6. The van der Waals surface area contributed by atoms with Gasteiger partial charge in [-0.05, 0) is 31.4 Å². The number of amides is 1. The summed E-state index contributed by atoms with van der Waals surface area (Å²) in [6.45, 7) is 6.87. The lowest BCUT2D eigenvalue weighted by atomic mass is 10.1. The van der Waals surface area contributed by atoms with Crippen molar-refractivity contribution in [2.24, 2.45) is 4.99 Å². The molecule has 26 heavy (non-hydrogen) atoms. The van der Waals surface area contributed by atoms with Gasteiger partial charge < -0.3 is 20.9 Å². The number of carbonyl (C=O) groups is 1. The second kappa shape index (κ2) is 12.6. The molecule has 1 aromatic carbocycles. The molecular weight excluding hydrogens is 441 g/mol. The van der Waals surface area contributed by atoms with Crippen LogP contribution in [0.25, 0.3) is 10.9 Å². The molecule has 0 atom stereocenters. The highest BCUT2D eigenvalue weighted by Crippen LogP contribution is 2.17. The van der Waals surface area contributed by atoms with Crippen LogP contribution in [0.4, 0.5) is 0 Å². The number of benzene rings is 1. The number of para-hydroxylation sites is 1. The number of hydrogen-bond acceptors (Lipinski definition) is 2. The fourth-order valence-corrected chi connectivity index (χ4v) is 2.62. The number of nitrogens with zero attached hydrogens (tertiary/aromatic N) is 1. The van der Waals surface area contributed by atoms with Crippen LogP contribution in [-0.2, 0) is 11.2 Å². The summed E-state index contributed by atoms with van der Waals surface area (Å²) in [6.07, 6.45) is 4.34. The molecule has 0 unspecified atom stereocenters. The third-order valence-corrected chi connectivity index (χ3v) is 3.89. The predicted octanol–water partition coefficient (Wildman–Crippen LogP) is 2.80. The van der Waals surface area contributed by atoms with Crippen molar-refractivity contribution in [3.63, 3.8) is 0 Å². The van der Waals surface area contributed by atoms with E-state index >= 15 is 0 Å². The number of carbonyl (C=O) groups excluding carboxylic acids is 1. The summed E-state index contributed by atoms with van der Waals surface area (Å²) in [5.41, 5.74) is 2.45. The monoisotopic (exact) mass is 471 g/mol. The molecule has 1 heterocycles. The third kappa shape index (κ3) is 7.23. The summed E-state index contributed by atoms with van der Waals surface area (Å²) in [5, 5.41) is 10.7. The maximum absolute atomic E-state index is 11.6. The highest BCUT2D eigenvalue weighted by Gasteiger charge is 2.04. The molecular formula is C19H30IN5O. The van der Waals surface area contributed by atoms with Gasteiger partial charge in [-0.1, -0.05) is 25.1 Å². The Labute approximate surface area is 172 Å². The van der Waals surface area contributed by atoms with Crippen LogP contribution in [0.2, 0.25) is 0 Å². The summed E-state index contributed by atoms with van der Waals surface area (Å²) in [4.78, 5) is 19.4. The van der Waals surface area contributed by atoms with Gasteiger partial charge in [0.2, 0.25) is 5.91 Å². The normalized spacial score (nSPS) is 11.1. The van der Waals surface area contributed by atoms with Crippen LogP contribution in [0.3, 0.4) is 0 Å². The maximum Gasteiger partial charge on any atom is 0.221 e. The van der Waals surface area contributed by atoms with Crippen LogP contribution in [0.5, 0.6) is 0 Å². The lowest BCUT2D eigenvalue weighted by molar-refractivity contribution is -0.120. The van der Waals surface area contributed by atoms with Crippen LogP contribution < -0.4 is 16.0 Å². The first kappa shape index (κ1) is 22.3. The topological polar surface area (TPSA) is 81.3 Å². The largest absolute Gasteiger partial charge is 0.361 e. The fraction of sp³-hybridized carbons (Fsp3) is 0.474. The molecule has 7 heteroatoms. The number of fused-ring (bicyclic) bond motifs is 1. The van der Waals surface area contributed by atoms with E-state index in [1.807, 2.05) is 19.9 Å². The van der Waals surface area contributed by atoms with Gasteiger partial charge in [-0.15, -0.1) is 24.0 Å². The summed E-state index contributed by atoms with van der Waals surface area (Å²) in [6, 6.07) is 8.31. The molecule has 0 spiro atoms. The van der Waals surface area contributed by atoms with E-state index in [1.165, 1.54) is 10.9 Å². The van der Waals surface area contributed by atoms with E-state index in [9.17, 15) is 4.79 Å². The van der Waals surface area contributed by atoms with Crippen molar-refractivity contribution >= 4 is 46.7 Å². The Morgan fingerprint density at radius 3 is 2.69 bits per heavy atom. The van der Waals surface area contributed by atoms with E-state index in [2.05, 4.69) is 50.3 Å². The molecule has 4 N–H and O–H groups in total. The molecule has 0 radical (unpaired) electrons. The van der Waals surface area contributed by atoms with Gasteiger partial charge in [0.1, 0.15) is 0 Å². The zero-order chi connectivity index (χ0) is 17.9. The summed E-state index contributed by atoms with van der Waals surface area (Å²) >= 11 is 0. The molecule has 0 aliphatic heterocycles. The van der Waals surface area contributed by atoms with Crippen molar-refractivity contribution in [3.8, 4) is 0 Å². The Bertz CT molecular complexity index is 698. The Morgan fingerprint density at radius 2 is 1.92 bits per heavy atom. The van der Waals surface area contributed by atoms with E-state index < -0.39 is 0 Å². The van der Waals surface area contributed by atoms with E-state index in [1.54, 1.807) is 0 Å². The van der Waals surface area contributed by atoms with Crippen LogP contribution in [0, 0.1) is 0 Å². The van der Waals surface area contributed by atoms with Crippen LogP contribution in [0.15, 0.2) is 35.5 Å². The van der Waals surface area contributed by atoms with Gasteiger partial charge in [0.25, 0.3) is 0 Å². The maximum atomic E-state index is 11.6. The second-order valence-electron chi connectivity index (χ2n) is 5.90. The number of H-pyrrole nitrogens is 1. The third-order valence-electron chi connectivity index (χ3n) is 3.89. The number of aliphatic imine (C=N–C) groups is 1. The fourth-order valence-electron chi connectivity index (χ4n) is 2.62. The van der Waals surface area contributed by atoms with Crippen LogP contribution >= 0.6 is 24.0 Å². The van der Waals surface area contributed by atoms with Gasteiger partial charge in [0.05, 0.1) is 6.54 Å². The molecule has 2 aromatic rings. The highest BCUT2D eigenvalue weighted by molar-refractivity contribution is 14.0. The van der Waals surface area contributed by atoms with Crippen molar-refractivity contribution < 1.29 is 4.79 Å². The highest BCUT2D eigenvalue weighted by atomic mass is 127. The molecule has 2 rings (SSSR count). The Balaban J connectivity index is 0.00000338. The predicted molar refractivity (Wildman–Crippen MR) is 119 cm³/mol. The average molecular weight is 471 g/mol. The molecule has 144 valence electrons. The summed E-state index contributed by atoms with van der Waals surface area (Å²) < 4.78 is 0. The minimum Gasteiger partial charge on any atom is -0.361 e. The van der Waals surface area contributed by atoms with Crippen molar-refractivity contribution in [2.75, 3.05) is 26.2 Å². The Morgan fingerprint density at radius 1 is 1.12 bits per heavy atom. The van der Waals surface area contributed by atoms with Gasteiger partial charge in [-0.2, -0.15) is 0 Å². The molecule has 0 fully saturated rings. The molecule has 0 aliphatic carbocycles. The van der Waals surface area contributed by atoms with Gasteiger partial charge in [-0.3, -0.25) is 9.79 Å². The lowest BCUT2D eigenvalue weighted by Gasteiger charge is -2.11. The van der Waals surface area contributed by atoms with E-state index in [0.29, 0.717) is 13.0 Å². The van der Waals surface area contributed by atoms with E-state index in [-0.39, 0.29) is 29.9 Å². The average Bonchev–Trinajstić information content (AvgIpc) is 3.03. The minimum atomic E-state index is 0. The minimum absolute atomic E-state index is 0. The molecule has 1 amide bonds. The van der Waals surface area contributed by atoms with Crippen molar-refractivity contribution in [2.45, 2.75) is 33.1 Å². The number of halogens is 1. The van der Waals surface area contributed by atoms with Gasteiger partial charge in [-0.25, -0.2) is 0 Å². The molecule has 0 saturated heterocycles. The number of hydrogen-bond donors (Lipinski definition) is 4. The molecule has 0 bridgehead atoms. The number of aromatic amines is 1. The SMILES string of the molecule is CCCNC(=O)CCN=C(NCC)NCCc1c[nH]c2ccccc12.I. The number of aromatic nitrogens is 1. The first-order chi connectivity index (χ1) is 12.2. The van der Waals surface area contributed by atoms with Gasteiger partial charge >= 0.3 is 0 Å². The quantitative estimate of drug-likeness (QED) is 0.258. The van der Waals surface area contributed by atoms with Crippen molar-refractivity contribution in [1.82, 2.24) is 20.9 Å². The molecule has 0 aliphatic rings. The first-order valence-electron chi connectivity index (χ1n) is 9.08. The van der Waals surface area contributed by atoms with Crippen LogP contribution in [-0.4, -0.2) is 43.0 Å². The Hall–Kier alpha value is -1.77. The number of rotatable bonds is 9. The Kier molecular flexibility index (Phi) is 10.8. The molecule has 6 nitrogen and oxygen atoms in total. The second-order valence-corrected chi connectivity index (χ2v) is 5.90. The number of guanidine groups is 1. The van der Waals surface area contributed by atoms with Gasteiger partial charge in [0, 0.05) is 43.2 Å². The number of nitrogens with one attached hydrogen (secondary N) is 4. The van der Waals surface area contributed by atoms with Crippen LogP contribution in [0.1, 0.15) is 32.3 Å². The first-order valence-corrected chi connectivity index (χ1v) is 9.08. The van der Waals surface area contributed by atoms with E-state index in [4.69, 9.17) is 0 Å². The van der Waals surface area contributed by atoms with Gasteiger partial charge in [0.15, 0.2) is 5.96 Å². The molecule has 1 aromatic heterocycles. The van der Waals surface area contributed by atoms with Crippen molar-refractivity contribution in [1.29, 1.82) is 0 Å². The molecule has 0 saturated carbocycles. The standard InChI is InChI=1S/C19H29N5O.HI/c1-3-11-21-18(25)10-13-23-19(20-4-2)22-12-9-15-14-24-17-8-6-5-7-16(15)17;/h5-8,14,24H,3-4,9-13H2,1-2H3,(H,21,25)(H2,20,22,23);1H. The summed E-state index contributed by atoms with van der Waals surface area (Å²) in [5.74, 6) is 0.811. The lowest BCUT2D eigenvalue weighted by Crippen LogP contribution is -2.38. The zero-order valence-corrected chi connectivity index (χ0v) is 17.9. The summed E-state index contributed by atoms with van der Waals surface area (Å²) in [7, 11) is 0. The smallest absolute Gasteiger partial charge is 0.221 e.